The van der Waals surface area contributed by atoms with Crippen molar-refractivity contribution < 1.29 is 9.53 Å². The molecule has 0 atom stereocenters. The molecular formula is C24H27N3O2. The lowest BCUT2D eigenvalue weighted by molar-refractivity contribution is 0.0774. The zero-order valence-electron chi connectivity index (χ0n) is 16.8. The number of H-pyrrole nitrogens is 1. The first-order chi connectivity index (χ1) is 14.2. The van der Waals surface area contributed by atoms with Gasteiger partial charge in [0.1, 0.15) is 5.75 Å². The Hall–Kier alpha value is -3.08. The number of carbonyl (C=O) groups excluding carboxylic acids is 1. The number of aryl methyl sites for hydroxylation is 1. The van der Waals surface area contributed by atoms with Crippen molar-refractivity contribution in [2.24, 2.45) is 0 Å². The number of hydrogen-bond donors (Lipinski definition) is 1. The molecule has 4 rings (SSSR count). The minimum atomic E-state index is 0.00880. The smallest absolute Gasteiger partial charge is 0.257 e. The molecule has 1 aliphatic carbocycles. The molecule has 3 aromatic rings. The molecule has 1 heterocycles. The standard InChI is InChI=1S/C24H27N3O2/c1-27(24(28)21-14-5-6-15-23(21)29-20-12-7-13-20)16-8-11-19-17-22(26-25-19)18-9-3-2-4-10-18/h2-6,9-10,14-15,17,20H,7-8,11-13,16H2,1H3,(H,25,26). The third-order valence-corrected chi connectivity index (χ3v) is 5.45. The van der Waals surface area contributed by atoms with E-state index in [9.17, 15) is 4.79 Å². The molecule has 2 aromatic carbocycles. The number of nitrogens with one attached hydrogen (secondary N) is 1. The Kier molecular flexibility index (Phi) is 5.94. The Balaban J connectivity index is 1.31. The molecule has 0 saturated heterocycles. The lowest BCUT2D eigenvalue weighted by Gasteiger charge is -2.28. The SMILES string of the molecule is CN(CCCc1cc(-c2ccccc2)n[nH]1)C(=O)c1ccccc1OC1CCC1. The van der Waals surface area contributed by atoms with Crippen LogP contribution in [0.1, 0.15) is 41.7 Å². The van der Waals surface area contributed by atoms with E-state index >= 15 is 0 Å². The first-order valence-corrected chi connectivity index (χ1v) is 10.3. The summed E-state index contributed by atoms with van der Waals surface area (Å²) in [6.07, 6.45) is 5.33. The Morgan fingerprint density at radius 3 is 2.66 bits per heavy atom. The number of ether oxygens (including phenoxy) is 1. The van der Waals surface area contributed by atoms with Gasteiger partial charge < -0.3 is 9.64 Å². The molecule has 1 N–H and O–H groups in total. The number of rotatable bonds is 8. The predicted molar refractivity (Wildman–Crippen MR) is 114 cm³/mol. The largest absolute Gasteiger partial charge is 0.490 e. The summed E-state index contributed by atoms with van der Waals surface area (Å²) in [5.41, 5.74) is 3.78. The van der Waals surface area contributed by atoms with E-state index in [1.807, 2.05) is 49.5 Å². The average molecular weight is 389 g/mol. The molecule has 1 fully saturated rings. The number of hydrogen-bond acceptors (Lipinski definition) is 3. The third-order valence-electron chi connectivity index (χ3n) is 5.45. The summed E-state index contributed by atoms with van der Waals surface area (Å²) in [5.74, 6) is 0.713. The number of carbonyl (C=O) groups is 1. The van der Waals surface area contributed by atoms with Crippen LogP contribution in [0.5, 0.6) is 5.75 Å². The van der Waals surface area contributed by atoms with Crippen LogP contribution < -0.4 is 4.74 Å². The van der Waals surface area contributed by atoms with E-state index in [0.29, 0.717) is 17.9 Å². The molecule has 1 aliphatic rings. The van der Waals surface area contributed by atoms with Crippen LogP contribution in [0.3, 0.4) is 0 Å². The number of aromatic nitrogens is 2. The van der Waals surface area contributed by atoms with Gasteiger partial charge in [0.15, 0.2) is 0 Å². The van der Waals surface area contributed by atoms with Crippen LogP contribution in [0.15, 0.2) is 60.7 Å². The van der Waals surface area contributed by atoms with Crippen LogP contribution in [0.2, 0.25) is 0 Å². The van der Waals surface area contributed by atoms with E-state index < -0.39 is 0 Å². The van der Waals surface area contributed by atoms with Gasteiger partial charge in [-0.15, -0.1) is 0 Å². The fraction of sp³-hybridized carbons (Fsp3) is 0.333. The van der Waals surface area contributed by atoms with Gasteiger partial charge in [0, 0.05) is 24.8 Å². The monoisotopic (exact) mass is 389 g/mol. The molecule has 5 heteroatoms. The van der Waals surface area contributed by atoms with Crippen molar-refractivity contribution in [1.29, 1.82) is 0 Å². The van der Waals surface area contributed by atoms with Gasteiger partial charge in [-0.05, 0) is 50.3 Å². The van der Waals surface area contributed by atoms with Crippen LogP contribution in [0.4, 0.5) is 0 Å². The van der Waals surface area contributed by atoms with Crippen LogP contribution >= 0.6 is 0 Å². The highest BCUT2D eigenvalue weighted by Crippen LogP contribution is 2.28. The van der Waals surface area contributed by atoms with E-state index in [-0.39, 0.29) is 12.0 Å². The van der Waals surface area contributed by atoms with Gasteiger partial charge in [0.2, 0.25) is 0 Å². The fourth-order valence-electron chi connectivity index (χ4n) is 3.47. The summed E-state index contributed by atoms with van der Waals surface area (Å²) in [7, 11) is 1.85. The molecule has 1 aromatic heterocycles. The zero-order chi connectivity index (χ0) is 20.1. The molecule has 0 radical (unpaired) electrons. The average Bonchev–Trinajstić information content (AvgIpc) is 3.20. The highest BCUT2D eigenvalue weighted by molar-refractivity contribution is 5.96. The second-order valence-corrected chi connectivity index (χ2v) is 7.64. The van der Waals surface area contributed by atoms with Crippen LogP contribution in [-0.4, -0.2) is 40.7 Å². The van der Waals surface area contributed by atoms with Gasteiger partial charge >= 0.3 is 0 Å². The Morgan fingerprint density at radius 1 is 1.14 bits per heavy atom. The molecule has 0 unspecified atom stereocenters. The summed E-state index contributed by atoms with van der Waals surface area (Å²) in [6, 6.07) is 19.8. The highest BCUT2D eigenvalue weighted by atomic mass is 16.5. The van der Waals surface area contributed by atoms with Crippen molar-refractivity contribution in [3.05, 3.63) is 71.9 Å². The van der Waals surface area contributed by atoms with Crippen molar-refractivity contribution in [2.45, 2.75) is 38.2 Å². The van der Waals surface area contributed by atoms with Crippen molar-refractivity contribution in [2.75, 3.05) is 13.6 Å². The first kappa shape index (κ1) is 19.2. The van der Waals surface area contributed by atoms with Gasteiger partial charge in [-0.1, -0.05) is 42.5 Å². The van der Waals surface area contributed by atoms with Crippen LogP contribution in [-0.2, 0) is 6.42 Å². The molecule has 29 heavy (non-hydrogen) atoms. The number of para-hydroxylation sites is 1. The molecule has 150 valence electrons. The third kappa shape index (κ3) is 4.67. The van der Waals surface area contributed by atoms with E-state index in [2.05, 4.69) is 28.4 Å². The maximum atomic E-state index is 12.9. The van der Waals surface area contributed by atoms with Crippen LogP contribution in [0, 0.1) is 0 Å². The molecule has 0 spiro atoms. The summed E-state index contributed by atoms with van der Waals surface area (Å²) in [6.45, 7) is 0.677. The first-order valence-electron chi connectivity index (χ1n) is 10.3. The highest BCUT2D eigenvalue weighted by Gasteiger charge is 2.23. The molecule has 0 bridgehead atoms. The quantitative estimate of drug-likeness (QED) is 0.607. The number of benzene rings is 2. The zero-order valence-corrected chi connectivity index (χ0v) is 16.8. The summed E-state index contributed by atoms with van der Waals surface area (Å²) in [4.78, 5) is 14.7. The molecular weight excluding hydrogens is 362 g/mol. The molecule has 1 amide bonds. The lowest BCUT2D eigenvalue weighted by atomic mass is 9.96. The Morgan fingerprint density at radius 2 is 1.90 bits per heavy atom. The Bertz CT molecular complexity index is 948. The normalized spacial score (nSPS) is 13.7. The van der Waals surface area contributed by atoms with Crippen molar-refractivity contribution in [1.82, 2.24) is 15.1 Å². The number of amides is 1. The van der Waals surface area contributed by atoms with E-state index in [1.165, 1.54) is 6.42 Å². The summed E-state index contributed by atoms with van der Waals surface area (Å²) in [5, 5.41) is 7.51. The summed E-state index contributed by atoms with van der Waals surface area (Å²) >= 11 is 0. The minimum Gasteiger partial charge on any atom is -0.490 e. The van der Waals surface area contributed by atoms with Crippen molar-refractivity contribution in [3.8, 4) is 17.0 Å². The second-order valence-electron chi connectivity index (χ2n) is 7.64. The maximum Gasteiger partial charge on any atom is 0.257 e. The Labute approximate surface area is 171 Å². The number of aromatic amines is 1. The van der Waals surface area contributed by atoms with Gasteiger partial charge in [-0.3, -0.25) is 9.89 Å². The lowest BCUT2D eigenvalue weighted by Crippen LogP contribution is -2.30. The maximum absolute atomic E-state index is 12.9. The second kappa shape index (κ2) is 8.95. The van der Waals surface area contributed by atoms with Crippen molar-refractivity contribution >= 4 is 5.91 Å². The van der Waals surface area contributed by atoms with E-state index in [4.69, 9.17) is 4.74 Å². The minimum absolute atomic E-state index is 0.00880. The van der Waals surface area contributed by atoms with Gasteiger partial charge in [0.25, 0.3) is 5.91 Å². The molecule has 1 saturated carbocycles. The van der Waals surface area contributed by atoms with Crippen molar-refractivity contribution in [3.63, 3.8) is 0 Å². The molecule has 5 nitrogen and oxygen atoms in total. The van der Waals surface area contributed by atoms with E-state index in [1.54, 1.807) is 4.90 Å². The fourth-order valence-corrected chi connectivity index (χ4v) is 3.47. The summed E-state index contributed by atoms with van der Waals surface area (Å²) < 4.78 is 6.01. The topological polar surface area (TPSA) is 58.2 Å². The van der Waals surface area contributed by atoms with Gasteiger partial charge in [-0.2, -0.15) is 5.10 Å². The van der Waals surface area contributed by atoms with E-state index in [0.717, 1.165) is 42.6 Å². The van der Waals surface area contributed by atoms with Gasteiger partial charge in [0.05, 0.1) is 17.4 Å². The van der Waals surface area contributed by atoms with Gasteiger partial charge in [-0.25, -0.2) is 0 Å². The predicted octanol–water partition coefficient (Wildman–Crippen LogP) is 4.71. The van der Waals surface area contributed by atoms with Crippen LogP contribution in [0.25, 0.3) is 11.3 Å². The number of nitrogens with zero attached hydrogens (tertiary/aromatic N) is 2. The molecule has 0 aliphatic heterocycles.